The zero-order chi connectivity index (χ0) is 28.2. The summed E-state index contributed by atoms with van der Waals surface area (Å²) in [7, 11) is 3.08. The van der Waals surface area contributed by atoms with Crippen LogP contribution in [0.15, 0.2) is 31.0 Å². The molecule has 2 aliphatic heterocycles. The summed E-state index contributed by atoms with van der Waals surface area (Å²) >= 11 is 13.5. The molecule has 5 rings (SSSR count). The van der Waals surface area contributed by atoms with Gasteiger partial charge in [0.1, 0.15) is 11.5 Å². The molecule has 1 N–H and O–H groups in total. The monoisotopic (exact) mass is 586 g/mol. The van der Waals surface area contributed by atoms with Gasteiger partial charge in [-0.25, -0.2) is 9.97 Å². The van der Waals surface area contributed by atoms with E-state index in [-0.39, 0.29) is 23.7 Å². The number of ether oxygens (including phenoxy) is 4. The number of methoxy groups -OCH3 is 2. The van der Waals surface area contributed by atoms with Crippen molar-refractivity contribution in [3.8, 4) is 22.8 Å². The summed E-state index contributed by atoms with van der Waals surface area (Å²) in [5, 5.41) is 4.90. The fraction of sp³-hybridized carbons (Fsp3) is 0.448. The van der Waals surface area contributed by atoms with Gasteiger partial charge in [0, 0.05) is 55.4 Å². The van der Waals surface area contributed by atoms with Crippen molar-refractivity contribution >= 4 is 45.8 Å². The number of pyridine rings is 1. The number of hydrogen-bond acceptors (Lipinski definition) is 9. The number of benzene rings is 1. The number of rotatable bonds is 9. The van der Waals surface area contributed by atoms with Crippen molar-refractivity contribution in [2.45, 2.75) is 37.6 Å². The number of ketones is 1. The molecule has 3 aromatic rings. The predicted molar refractivity (Wildman–Crippen MR) is 155 cm³/mol. The van der Waals surface area contributed by atoms with Crippen LogP contribution in [0.5, 0.6) is 11.5 Å². The van der Waals surface area contributed by atoms with Crippen molar-refractivity contribution in [1.29, 1.82) is 0 Å². The third-order valence-corrected chi connectivity index (χ3v) is 8.29. The smallest absolute Gasteiger partial charge is 0.223 e. The Labute approximate surface area is 243 Å². The van der Waals surface area contributed by atoms with E-state index in [9.17, 15) is 4.79 Å². The van der Waals surface area contributed by atoms with Crippen LogP contribution in [0.2, 0.25) is 10.0 Å². The fourth-order valence-corrected chi connectivity index (χ4v) is 6.02. The fourth-order valence-electron chi connectivity index (χ4n) is 5.32. The molecule has 2 saturated heterocycles. The van der Waals surface area contributed by atoms with Crippen molar-refractivity contribution in [2.75, 3.05) is 46.0 Å². The highest BCUT2D eigenvalue weighted by molar-refractivity contribution is 6.41. The molecular formula is C29H32Cl2N4O5. The Hall–Kier alpha value is -2.98. The second-order valence-electron chi connectivity index (χ2n) is 9.94. The van der Waals surface area contributed by atoms with Gasteiger partial charge in [-0.3, -0.25) is 9.78 Å². The molecule has 11 heteroatoms. The molecule has 0 bridgehead atoms. The van der Waals surface area contributed by atoms with Gasteiger partial charge < -0.3 is 24.3 Å². The summed E-state index contributed by atoms with van der Waals surface area (Å²) in [6.45, 7) is 5.98. The Morgan fingerprint density at radius 2 is 1.77 bits per heavy atom. The number of fused-ring (bicyclic) bond motifs is 1. The molecule has 212 valence electrons. The SMILES string of the molecule is C=CC(=O)C[C@H]1CCOC[C@H]1Nc1ncc2cc(-c3c(Cl)c(OC)cc(OC)c3Cl)nc(C3CCOCC3)c2n1. The van der Waals surface area contributed by atoms with E-state index in [4.69, 9.17) is 52.1 Å². The van der Waals surface area contributed by atoms with Gasteiger partial charge in [-0.15, -0.1) is 0 Å². The zero-order valence-corrected chi connectivity index (χ0v) is 24.1. The third-order valence-electron chi connectivity index (χ3n) is 7.54. The third kappa shape index (κ3) is 5.88. The number of carbonyl (C=O) groups is 1. The van der Waals surface area contributed by atoms with Crippen molar-refractivity contribution in [1.82, 2.24) is 15.0 Å². The number of allylic oxidation sites excluding steroid dienone is 1. The first-order valence-corrected chi connectivity index (χ1v) is 14.0. The van der Waals surface area contributed by atoms with Gasteiger partial charge in [0.25, 0.3) is 0 Å². The number of nitrogens with zero attached hydrogens (tertiary/aromatic N) is 3. The van der Waals surface area contributed by atoms with E-state index in [1.807, 2.05) is 6.07 Å². The number of aromatic nitrogens is 3. The second-order valence-corrected chi connectivity index (χ2v) is 10.7. The summed E-state index contributed by atoms with van der Waals surface area (Å²) < 4.78 is 22.3. The van der Waals surface area contributed by atoms with Gasteiger partial charge in [-0.2, -0.15) is 0 Å². The minimum Gasteiger partial charge on any atom is -0.495 e. The lowest BCUT2D eigenvalue weighted by Crippen LogP contribution is -2.40. The van der Waals surface area contributed by atoms with Gasteiger partial charge in [0.15, 0.2) is 5.78 Å². The van der Waals surface area contributed by atoms with Crippen molar-refractivity contribution in [2.24, 2.45) is 5.92 Å². The highest BCUT2D eigenvalue weighted by Gasteiger charge is 2.29. The van der Waals surface area contributed by atoms with Gasteiger partial charge in [-0.05, 0) is 37.3 Å². The molecular weight excluding hydrogens is 555 g/mol. The number of hydrogen-bond donors (Lipinski definition) is 1. The molecule has 0 unspecified atom stereocenters. The Morgan fingerprint density at radius 1 is 1.07 bits per heavy atom. The molecule has 0 amide bonds. The largest absolute Gasteiger partial charge is 0.495 e. The molecule has 2 aromatic heterocycles. The number of halogens is 2. The van der Waals surface area contributed by atoms with Gasteiger partial charge in [-0.1, -0.05) is 29.8 Å². The van der Waals surface area contributed by atoms with E-state index in [1.165, 1.54) is 20.3 Å². The van der Waals surface area contributed by atoms with Crippen LogP contribution in [0.25, 0.3) is 22.2 Å². The summed E-state index contributed by atoms with van der Waals surface area (Å²) in [5.74, 6) is 1.57. The molecule has 0 aliphatic carbocycles. The average molecular weight is 588 g/mol. The maximum atomic E-state index is 12.1. The first-order valence-electron chi connectivity index (χ1n) is 13.3. The van der Waals surface area contributed by atoms with Crippen molar-refractivity contribution in [3.05, 3.63) is 46.7 Å². The lowest BCUT2D eigenvalue weighted by atomic mass is 9.90. The van der Waals surface area contributed by atoms with Crippen LogP contribution in [0.4, 0.5) is 5.95 Å². The maximum absolute atomic E-state index is 12.1. The predicted octanol–water partition coefficient (Wildman–Crippen LogP) is 5.87. The highest BCUT2D eigenvalue weighted by atomic mass is 35.5. The minimum absolute atomic E-state index is 0.0168. The molecule has 2 aliphatic rings. The van der Waals surface area contributed by atoms with Crippen LogP contribution in [0.1, 0.15) is 37.3 Å². The Balaban J connectivity index is 1.59. The molecule has 4 heterocycles. The summed E-state index contributed by atoms with van der Waals surface area (Å²) in [6.07, 6.45) is 5.94. The number of nitrogens with one attached hydrogen (secondary N) is 1. The molecule has 0 radical (unpaired) electrons. The zero-order valence-electron chi connectivity index (χ0n) is 22.5. The lowest BCUT2D eigenvalue weighted by molar-refractivity contribution is -0.116. The Morgan fingerprint density at radius 3 is 2.45 bits per heavy atom. The Bertz CT molecular complexity index is 1380. The molecule has 0 saturated carbocycles. The maximum Gasteiger partial charge on any atom is 0.223 e. The van der Waals surface area contributed by atoms with Crippen molar-refractivity contribution < 1.29 is 23.7 Å². The van der Waals surface area contributed by atoms with E-state index >= 15 is 0 Å². The number of anilines is 1. The standard InChI is InChI=1S/C29H32Cl2N4O5/c1-4-19(36)11-17-7-10-40-15-21(17)34-29-32-14-18-12-20(24-25(30)22(37-2)13-23(38-3)26(24)31)33-27(28(18)35-29)16-5-8-39-9-6-16/h4,12-14,16-17,21H,1,5-11,15H2,2-3H3,(H,32,34,35)/t17-,21-/m1/s1. The van der Waals surface area contributed by atoms with Gasteiger partial charge >= 0.3 is 0 Å². The average Bonchev–Trinajstić information content (AvgIpc) is 2.98. The summed E-state index contributed by atoms with van der Waals surface area (Å²) in [6, 6.07) is 3.43. The van der Waals surface area contributed by atoms with Crippen LogP contribution in [-0.4, -0.2) is 67.4 Å². The summed E-state index contributed by atoms with van der Waals surface area (Å²) in [4.78, 5) is 26.7. The topological polar surface area (TPSA) is 105 Å². The molecule has 2 fully saturated rings. The van der Waals surface area contributed by atoms with E-state index in [0.717, 1.165) is 35.9 Å². The summed E-state index contributed by atoms with van der Waals surface area (Å²) in [5.41, 5.74) is 2.67. The highest BCUT2D eigenvalue weighted by Crippen LogP contribution is 2.46. The second kappa shape index (κ2) is 12.7. The molecule has 1 aromatic carbocycles. The van der Waals surface area contributed by atoms with Gasteiger partial charge in [0.2, 0.25) is 5.95 Å². The minimum atomic E-state index is -0.101. The molecule has 9 nitrogen and oxygen atoms in total. The van der Waals surface area contributed by atoms with E-state index in [1.54, 1.807) is 12.3 Å². The van der Waals surface area contributed by atoms with Crippen LogP contribution >= 0.6 is 23.2 Å². The van der Waals surface area contributed by atoms with Crippen LogP contribution in [0, 0.1) is 5.92 Å². The molecule has 2 atom stereocenters. The van der Waals surface area contributed by atoms with Crippen LogP contribution < -0.4 is 14.8 Å². The first-order chi connectivity index (χ1) is 19.4. The normalized spacial score (nSPS) is 19.8. The van der Waals surface area contributed by atoms with E-state index in [2.05, 4.69) is 16.9 Å². The number of carbonyl (C=O) groups excluding carboxylic acids is 1. The lowest BCUT2D eigenvalue weighted by Gasteiger charge is -2.31. The van der Waals surface area contributed by atoms with E-state index < -0.39 is 0 Å². The van der Waals surface area contributed by atoms with E-state index in [0.29, 0.717) is 71.6 Å². The van der Waals surface area contributed by atoms with Crippen molar-refractivity contribution in [3.63, 3.8) is 0 Å². The van der Waals surface area contributed by atoms with Gasteiger partial charge in [0.05, 0.1) is 53.8 Å². The molecule has 0 spiro atoms. The van der Waals surface area contributed by atoms with Crippen LogP contribution in [0.3, 0.4) is 0 Å². The molecule has 40 heavy (non-hydrogen) atoms. The Kier molecular flexibility index (Phi) is 9.05. The van der Waals surface area contributed by atoms with Crippen LogP contribution in [-0.2, 0) is 14.3 Å². The first kappa shape index (κ1) is 28.5. The quantitative estimate of drug-likeness (QED) is 0.308.